The summed E-state index contributed by atoms with van der Waals surface area (Å²) in [6.45, 7) is 1.59. The Morgan fingerprint density at radius 1 is 1.40 bits per heavy atom. The molecule has 0 saturated carbocycles. The molecule has 1 unspecified atom stereocenters. The number of furan rings is 1. The second-order valence-corrected chi connectivity index (χ2v) is 4.62. The van der Waals surface area contributed by atoms with Crippen molar-refractivity contribution in [1.82, 2.24) is 5.32 Å². The summed E-state index contributed by atoms with van der Waals surface area (Å²) in [4.78, 5) is 11.9. The molecular weight excluding hydrogens is 256 g/mol. The van der Waals surface area contributed by atoms with Crippen LogP contribution in [0.5, 0.6) is 0 Å². The van der Waals surface area contributed by atoms with Crippen molar-refractivity contribution in [3.63, 3.8) is 0 Å². The van der Waals surface area contributed by atoms with Gasteiger partial charge in [0.25, 0.3) is 5.91 Å². The molecule has 1 atom stereocenters. The van der Waals surface area contributed by atoms with Crippen molar-refractivity contribution < 1.29 is 14.3 Å². The molecule has 0 aliphatic rings. The van der Waals surface area contributed by atoms with Crippen LogP contribution in [0.15, 0.2) is 47.1 Å². The molecule has 5 nitrogen and oxygen atoms in total. The van der Waals surface area contributed by atoms with E-state index in [4.69, 9.17) is 9.68 Å². The summed E-state index contributed by atoms with van der Waals surface area (Å²) in [6, 6.07) is 11.6. The number of carbonyl (C=O) groups excluding carboxylic acids is 1. The van der Waals surface area contributed by atoms with Gasteiger partial charge < -0.3 is 14.8 Å². The SMILES string of the molecule is CC(O)(CNC(=O)c1ccc(C#N)cc1)c1ccco1. The van der Waals surface area contributed by atoms with Crippen molar-refractivity contribution in [2.75, 3.05) is 6.54 Å². The zero-order valence-corrected chi connectivity index (χ0v) is 11.0. The van der Waals surface area contributed by atoms with Crippen molar-refractivity contribution >= 4 is 5.91 Å². The lowest BCUT2D eigenvalue weighted by atomic mass is 10.0. The van der Waals surface area contributed by atoms with Gasteiger partial charge >= 0.3 is 0 Å². The van der Waals surface area contributed by atoms with E-state index < -0.39 is 5.60 Å². The Labute approximate surface area is 116 Å². The highest BCUT2D eigenvalue weighted by Crippen LogP contribution is 2.19. The second-order valence-electron chi connectivity index (χ2n) is 4.62. The van der Waals surface area contributed by atoms with Crippen molar-refractivity contribution in [1.29, 1.82) is 5.26 Å². The second kappa shape index (κ2) is 5.59. The van der Waals surface area contributed by atoms with Crippen molar-refractivity contribution in [3.8, 4) is 6.07 Å². The molecular formula is C15H14N2O3. The van der Waals surface area contributed by atoms with Crippen LogP contribution in [0.3, 0.4) is 0 Å². The first-order chi connectivity index (χ1) is 9.53. The fourth-order valence-electron chi connectivity index (χ4n) is 1.72. The summed E-state index contributed by atoms with van der Waals surface area (Å²) < 4.78 is 5.13. The molecule has 0 aliphatic carbocycles. The highest BCUT2D eigenvalue weighted by atomic mass is 16.4. The first-order valence-electron chi connectivity index (χ1n) is 6.07. The van der Waals surface area contributed by atoms with E-state index in [-0.39, 0.29) is 12.5 Å². The van der Waals surface area contributed by atoms with E-state index in [1.807, 2.05) is 6.07 Å². The first-order valence-corrected chi connectivity index (χ1v) is 6.07. The van der Waals surface area contributed by atoms with E-state index >= 15 is 0 Å². The molecule has 0 aliphatic heterocycles. The van der Waals surface area contributed by atoms with Gasteiger partial charge in [-0.2, -0.15) is 5.26 Å². The number of carbonyl (C=O) groups is 1. The lowest BCUT2D eigenvalue weighted by Gasteiger charge is -2.21. The number of benzene rings is 1. The maximum atomic E-state index is 11.9. The number of nitriles is 1. The number of rotatable bonds is 4. The Kier molecular flexibility index (Phi) is 3.87. The van der Waals surface area contributed by atoms with E-state index in [0.717, 1.165) is 0 Å². The molecule has 2 N–H and O–H groups in total. The van der Waals surface area contributed by atoms with Gasteiger partial charge in [-0.3, -0.25) is 4.79 Å². The molecule has 5 heteroatoms. The van der Waals surface area contributed by atoms with E-state index in [1.54, 1.807) is 43.3 Å². The molecule has 0 spiro atoms. The van der Waals surface area contributed by atoms with Crippen molar-refractivity contribution in [2.24, 2.45) is 0 Å². The van der Waals surface area contributed by atoms with Gasteiger partial charge in [0.05, 0.1) is 24.4 Å². The van der Waals surface area contributed by atoms with Gasteiger partial charge in [0.15, 0.2) is 0 Å². The van der Waals surface area contributed by atoms with Gasteiger partial charge in [0.1, 0.15) is 11.4 Å². The maximum Gasteiger partial charge on any atom is 0.251 e. The minimum absolute atomic E-state index is 0.0271. The molecule has 102 valence electrons. The Bertz CT molecular complexity index is 622. The number of hydrogen-bond acceptors (Lipinski definition) is 4. The summed E-state index contributed by atoms with van der Waals surface area (Å²) in [5, 5.41) is 21.5. The molecule has 0 saturated heterocycles. The average molecular weight is 270 g/mol. The summed E-state index contributed by atoms with van der Waals surface area (Å²) in [5.41, 5.74) is -0.352. The smallest absolute Gasteiger partial charge is 0.251 e. The zero-order chi connectivity index (χ0) is 14.6. The van der Waals surface area contributed by atoms with Crippen LogP contribution in [0.25, 0.3) is 0 Å². The molecule has 2 aromatic rings. The molecule has 1 amide bonds. The predicted octanol–water partition coefficient (Wildman–Crippen LogP) is 1.79. The number of nitrogens with one attached hydrogen (secondary N) is 1. The normalized spacial score (nSPS) is 13.2. The summed E-state index contributed by atoms with van der Waals surface area (Å²) in [6.07, 6.45) is 1.46. The van der Waals surface area contributed by atoms with Crippen LogP contribution in [0, 0.1) is 11.3 Å². The monoisotopic (exact) mass is 270 g/mol. The molecule has 1 aromatic heterocycles. The Hall–Kier alpha value is -2.58. The van der Waals surface area contributed by atoms with Crippen molar-refractivity contribution in [2.45, 2.75) is 12.5 Å². The van der Waals surface area contributed by atoms with Gasteiger partial charge in [-0.25, -0.2) is 0 Å². The predicted molar refractivity (Wildman–Crippen MR) is 71.8 cm³/mol. The minimum Gasteiger partial charge on any atom is -0.466 e. The van der Waals surface area contributed by atoms with Crippen LogP contribution < -0.4 is 5.32 Å². The topological polar surface area (TPSA) is 86.3 Å². The quantitative estimate of drug-likeness (QED) is 0.886. The molecule has 0 fully saturated rings. The minimum atomic E-state index is -1.27. The van der Waals surface area contributed by atoms with E-state index in [2.05, 4.69) is 5.32 Å². The van der Waals surface area contributed by atoms with Crippen LogP contribution in [0.4, 0.5) is 0 Å². The van der Waals surface area contributed by atoms with Gasteiger partial charge in [0.2, 0.25) is 0 Å². The standard InChI is InChI=1S/C15H14N2O3/c1-15(19,13-3-2-8-20-13)10-17-14(18)12-6-4-11(9-16)5-7-12/h2-8,19H,10H2,1H3,(H,17,18). The maximum absolute atomic E-state index is 11.9. The lowest BCUT2D eigenvalue weighted by molar-refractivity contribution is 0.0330. The molecule has 0 radical (unpaired) electrons. The third-order valence-electron chi connectivity index (χ3n) is 2.92. The molecule has 0 bridgehead atoms. The van der Waals surface area contributed by atoms with E-state index in [1.165, 1.54) is 6.26 Å². The number of nitrogens with zero attached hydrogens (tertiary/aromatic N) is 1. The highest BCUT2D eigenvalue weighted by molar-refractivity contribution is 5.94. The molecule has 1 aromatic carbocycles. The zero-order valence-electron chi connectivity index (χ0n) is 11.0. The summed E-state index contributed by atoms with van der Waals surface area (Å²) in [5.74, 6) is 0.0685. The van der Waals surface area contributed by atoms with E-state index in [9.17, 15) is 9.90 Å². The summed E-state index contributed by atoms with van der Waals surface area (Å²) >= 11 is 0. The van der Waals surface area contributed by atoms with Crippen molar-refractivity contribution in [3.05, 3.63) is 59.5 Å². The molecule has 20 heavy (non-hydrogen) atoms. The lowest BCUT2D eigenvalue weighted by Crippen LogP contribution is -2.38. The number of amides is 1. The van der Waals surface area contributed by atoms with E-state index in [0.29, 0.717) is 16.9 Å². The highest BCUT2D eigenvalue weighted by Gasteiger charge is 2.26. The Morgan fingerprint density at radius 2 is 2.10 bits per heavy atom. The van der Waals surface area contributed by atoms with Crippen LogP contribution in [0.2, 0.25) is 0 Å². The van der Waals surface area contributed by atoms with Crippen LogP contribution in [0.1, 0.15) is 28.6 Å². The van der Waals surface area contributed by atoms with Gasteiger partial charge in [-0.05, 0) is 43.3 Å². The number of hydrogen-bond donors (Lipinski definition) is 2. The number of aliphatic hydroxyl groups is 1. The fraction of sp³-hybridized carbons (Fsp3) is 0.200. The van der Waals surface area contributed by atoms with Crippen LogP contribution in [-0.2, 0) is 5.60 Å². The van der Waals surface area contributed by atoms with Gasteiger partial charge in [0, 0.05) is 5.56 Å². The average Bonchev–Trinajstić information content (AvgIpc) is 3.00. The summed E-state index contributed by atoms with van der Waals surface area (Å²) in [7, 11) is 0. The Morgan fingerprint density at radius 3 is 2.65 bits per heavy atom. The third kappa shape index (κ3) is 3.05. The fourth-order valence-corrected chi connectivity index (χ4v) is 1.72. The van der Waals surface area contributed by atoms with Gasteiger partial charge in [-0.1, -0.05) is 0 Å². The molecule has 1 heterocycles. The first kappa shape index (κ1) is 13.8. The largest absolute Gasteiger partial charge is 0.466 e. The third-order valence-corrected chi connectivity index (χ3v) is 2.92. The molecule has 2 rings (SSSR count). The van der Waals surface area contributed by atoms with Crippen LogP contribution >= 0.6 is 0 Å². The Balaban J connectivity index is 2.00. The van der Waals surface area contributed by atoms with Crippen LogP contribution in [-0.4, -0.2) is 17.6 Å². The van der Waals surface area contributed by atoms with Gasteiger partial charge in [-0.15, -0.1) is 0 Å².